The standard InChI is InChI=1S/C13H9F2N3O2/c1-2-17-12-7(5-16)6-18-9-4-11-10(3-8(9)12)19-13(14,15)20-11/h3-4,6H,2H2,1H3,(H,17,18). The zero-order valence-corrected chi connectivity index (χ0v) is 10.4. The average molecular weight is 277 g/mol. The first-order valence-electron chi connectivity index (χ1n) is 5.90. The maximum Gasteiger partial charge on any atom is 0.586 e. The lowest BCUT2D eigenvalue weighted by Gasteiger charge is -2.09. The summed E-state index contributed by atoms with van der Waals surface area (Å²) < 4.78 is 34.9. The highest BCUT2D eigenvalue weighted by Crippen LogP contribution is 2.44. The summed E-state index contributed by atoms with van der Waals surface area (Å²) in [7, 11) is 0. The van der Waals surface area contributed by atoms with Gasteiger partial charge in [0, 0.05) is 24.2 Å². The number of fused-ring (bicyclic) bond motifs is 2. The van der Waals surface area contributed by atoms with Gasteiger partial charge in [-0.1, -0.05) is 0 Å². The number of nitrogens with zero attached hydrogens (tertiary/aromatic N) is 2. The Kier molecular flexibility index (Phi) is 2.61. The van der Waals surface area contributed by atoms with Gasteiger partial charge in [0.25, 0.3) is 0 Å². The molecule has 0 saturated carbocycles. The minimum atomic E-state index is -3.67. The van der Waals surface area contributed by atoms with Crippen molar-refractivity contribution >= 4 is 16.6 Å². The van der Waals surface area contributed by atoms with Crippen molar-refractivity contribution in [3.05, 3.63) is 23.9 Å². The summed E-state index contributed by atoms with van der Waals surface area (Å²) in [6, 6.07) is 4.78. The van der Waals surface area contributed by atoms with Crippen LogP contribution in [0.25, 0.3) is 10.9 Å². The van der Waals surface area contributed by atoms with Crippen LogP contribution in [0.15, 0.2) is 18.3 Å². The molecule has 7 heteroatoms. The third-order valence-corrected chi connectivity index (χ3v) is 2.87. The molecule has 0 fully saturated rings. The molecule has 1 aromatic heterocycles. The molecule has 2 aromatic rings. The SMILES string of the molecule is CCNc1c(C#N)cnc2cc3c(cc12)OC(F)(F)O3. The maximum absolute atomic E-state index is 13.0. The van der Waals surface area contributed by atoms with Crippen molar-refractivity contribution in [2.75, 3.05) is 11.9 Å². The summed E-state index contributed by atoms with van der Waals surface area (Å²) in [5.41, 5.74) is 1.33. The van der Waals surface area contributed by atoms with Gasteiger partial charge in [0.2, 0.25) is 0 Å². The van der Waals surface area contributed by atoms with Crippen molar-refractivity contribution in [1.29, 1.82) is 5.26 Å². The molecule has 0 saturated heterocycles. The lowest BCUT2D eigenvalue weighted by molar-refractivity contribution is -0.286. The Labute approximate surface area is 112 Å². The maximum atomic E-state index is 13.0. The van der Waals surface area contributed by atoms with Crippen LogP contribution < -0.4 is 14.8 Å². The first-order chi connectivity index (χ1) is 9.54. The number of halogens is 2. The fourth-order valence-electron chi connectivity index (χ4n) is 2.09. The van der Waals surface area contributed by atoms with Crippen LogP contribution in [0.4, 0.5) is 14.5 Å². The van der Waals surface area contributed by atoms with E-state index in [1.807, 2.05) is 13.0 Å². The molecule has 3 rings (SSSR count). The summed E-state index contributed by atoms with van der Waals surface area (Å²) in [4.78, 5) is 4.08. The Hall–Kier alpha value is -2.62. The van der Waals surface area contributed by atoms with Gasteiger partial charge < -0.3 is 14.8 Å². The van der Waals surface area contributed by atoms with E-state index < -0.39 is 6.29 Å². The van der Waals surface area contributed by atoms with Crippen LogP contribution in [0.5, 0.6) is 11.5 Å². The van der Waals surface area contributed by atoms with Crippen molar-refractivity contribution in [2.24, 2.45) is 0 Å². The zero-order chi connectivity index (χ0) is 14.3. The molecule has 1 aliphatic rings. The molecule has 20 heavy (non-hydrogen) atoms. The van der Waals surface area contributed by atoms with E-state index >= 15 is 0 Å². The van der Waals surface area contributed by atoms with Gasteiger partial charge in [0.05, 0.1) is 16.8 Å². The minimum Gasteiger partial charge on any atom is -0.395 e. The lowest BCUT2D eigenvalue weighted by atomic mass is 10.1. The monoisotopic (exact) mass is 277 g/mol. The Morgan fingerprint density at radius 2 is 2.05 bits per heavy atom. The van der Waals surface area contributed by atoms with E-state index in [4.69, 9.17) is 5.26 Å². The second-order valence-corrected chi connectivity index (χ2v) is 4.17. The molecule has 0 aliphatic carbocycles. The Bertz CT molecular complexity index is 740. The molecule has 0 amide bonds. The van der Waals surface area contributed by atoms with Gasteiger partial charge in [-0.3, -0.25) is 4.98 Å². The second kappa shape index (κ2) is 4.20. The van der Waals surface area contributed by atoms with Crippen LogP contribution in [0, 0.1) is 11.3 Å². The van der Waals surface area contributed by atoms with Crippen molar-refractivity contribution in [1.82, 2.24) is 4.98 Å². The number of benzene rings is 1. The molecule has 5 nitrogen and oxygen atoms in total. The van der Waals surface area contributed by atoms with Crippen molar-refractivity contribution in [3.63, 3.8) is 0 Å². The molecular weight excluding hydrogens is 268 g/mol. The number of nitrogens with one attached hydrogen (secondary N) is 1. The number of aromatic nitrogens is 1. The predicted molar refractivity (Wildman–Crippen MR) is 66.8 cm³/mol. The molecular formula is C13H9F2N3O2. The van der Waals surface area contributed by atoms with Gasteiger partial charge in [-0.05, 0) is 13.0 Å². The quantitative estimate of drug-likeness (QED) is 0.914. The number of rotatable bonds is 2. The molecule has 1 aliphatic heterocycles. The van der Waals surface area contributed by atoms with Gasteiger partial charge in [-0.15, -0.1) is 8.78 Å². The third kappa shape index (κ3) is 1.86. The van der Waals surface area contributed by atoms with Crippen LogP contribution in [0.3, 0.4) is 0 Å². The molecule has 1 N–H and O–H groups in total. The van der Waals surface area contributed by atoms with Gasteiger partial charge in [-0.25, -0.2) is 0 Å². The Balaban J connectivity index is 2.24. The number of alkyl halides is 2. The molecule has 2 heterocycles. The summed E-state index contributed by atoms with van der Waals surface area (Å²) in [5.74, 6) is -0.138. The summed E-state index contributed by atoms with van der Waals surface area (Å²) in [6.07, 6.45) is -2.28. The molecule has 0 spiro atoms. The number of anilines is 1. The lowest BCUT2D eigenvalue weighted by Crippen LogP contribution is -2.25. The number of pyridine rings is 1. The topological polar surface area (TPSA) is 67.2 Å². The molecule has 0 unspecified atom stereocenters. The van der Waals surface area contributed by atoms with Crippen LogP contribution in [-0.2, 0) is 0 Å². The van der Waals surface area contributed by atoms with Crippen LogP contribution in [0.2, 0.25) is 0 Å². The average Bonchev–Trinajstić information content (AvgIpc) is 2.70. The fourth-order valence-corrected chi connectivity index (χ4v) is 2.09. The molecule has 1 aromatic carbocycles. The van der Waals surface area contributed by atoms with Crippen LogP contribution >= 0.6 is 0 Å². The van der Waals surface area contributed by atoms with Gasteiger partial charge in [0.1, 0.15) is 6.07 Å². The fraction of sp³-hybridized carbons (Fsp3) is 0.231. The molecule has 0 atom stereocenters. The summed E-state index contributed by atoms with van der Waals surface area (Å²) in [6.45, 7) is 2.45. The molecule has 0 bridgehead atoms. The van der Waals surface area contributed by atoms with Crippen molar-refractivity contribution in [3.8, 4) is 17.6 Å². The number of nitriles is 1. The van der Waals surface area contributed by atoms with Gasteiger partial charge >= 0.3 is 6.29 Å². The number of hydrogen-bond donors (Lipinski definition) is 1. The molecule has 102 valence electrons. The van der Waals surface area contributed by atoms with E-state index in [1.54, 1.807) is 0 Å². The van der Waals surface area contributed by atoms with Crippen molar-refractivity contribution in [2.45, 2.75) is 13.2 Å². The van der Waals surface area contributed by atoms with E-state index in [1.165, 1.54) is 18.3 Å². The first-order valence-corrected chi connectivity index (χ1v) is 5.90. The van der Waals surface area contributed by atoms with Gasteiger partial charge in [0.15, 0.2) is 11.5 Å². The highest BCUT2D eigenvalue weighted by molar-refractivity contribution is 5.96. The second-order valence-electron chi connectivity index (χ2n) is 4.17. The van der Waals surface area contributed by atoms with Crippen LogP contribution in [0.1, 0.15) is 12.5 Å². The zero-order valence-electron chi connectivity index (χ0n) is 10.4. The van der Waals surface area contributed by atoms with E-state index in [2.05, 4.69) is 19.8 Å². The Morgan fingerprint density at radius 1 is 1.35 bits per heavy atom. The normalized spacial score (nSPS) is 15.1. The summed E-state index contributed by atoms with van der Waals surface area (Å²) in [5, 5.41) is 12.6. The highest BCUT2D eigenvalue weighted by Gasteiger charge is 2.43. The van der Waals surface area contributed by atoms with E-state index in [0.29, 0.717) is 28.7 Å². The minimum absolute atomic E-state index is 0.0674. The van der Waals surface area contributed by atoms with E-state index in [0.717, 1.165) is 0 Å². The number of hydrogen-bond acceptors (Lipinski definition) is 5. The summed E-state index contributed by atoms with van der Waals surface area (Å²) >= 11 is 0. The number of ether oxygens (including phenoxy) is 2. The highest BCUT2D eigenvalue weighted by atomic mass is 19.3. The van der Waals surface area contributed by atoms with Crippen molar-refractivity contribution < 1.29 is 18.3 Å². The largest absolute Gasteiger partial charge is 0.586 e. The molecule has 0 radical (unpaired) electrons. The first kappa shape index (κ1) is 12.4. The third-order valence-electron chi connectivity index (χ3n) is 2.87. The predicted octanol–water partition coefficient (Wildman–Crippen LogP) is 2.86. The van der Waals surface area contributed by atoms with E-state index in [9.17, 15) is 8.78 Å². The van der Waals surface area contributed by atoms with E-state index in [-0.39, 0.29) is 11.5 Å². The van der Waals surface area contributed by atoms with Gasteiger partial charge in [-0.2, -0.15) is 5.26 Å². The Morgan fingerprint density at radius 3 is 2.70 bits per heavy atom. The smallest absolute Gasteiger partial charge is 0.395 e. The van der Waals surface area contributed by atoms with Crippen LogP contribution in [-0.4, -0.2) is 17.8 Å².